The number of hydrogen-bond donors (Lipinski definition) is 1. The Balaban J connectivity index is 2.20. The Kier molecular flexibility index (Phi) is 1.56. The number of primary amides is 1. The van der Waals surface area contributed by atoms with E-state index < -0.39 is 0 Å². The maximum atomic E-state index is 10.9. The molecule has 0 aromatic carbocycles. The van der Waals surface area contributed by atoms with Gasteiger partial charge in [-0.3, -0.25) is 14.8 Å². The van der Waals surface area contributed by atoms with Crippen molar-refractivity contribution in [1.29, 1.82) is 0 Å². The van der Waals surface area contributed by atoms with Crippen molar-refractivity contribution >= 4 is 18.3 Å². The lowest BCUT2D eigenvalue weighted by atomic mass is 10.1. The standard InChI is InChI=1S/C7H10N4O/c8-6(12)5-4-10-11-3-1-2-9-7(5)11/h2,4-5,7H,1,3H2,(H2,8,12). The molecule has 2 rings (SSSR count). The lowest BCUT2D eigenvalue weighted by Gasteiger charge is -2.25. The van der Waals surface area contributed by atoms with E-state index in [2.05, 4.69) is 10.1 Å². The summed E-state index contributed by atoms with van der Waals surface area (Å²) >= 11 is 0. The fourth-order valence-electron chi connectivity index (χ4n) is 1.44. The Morgan fingerprint density at radius 3 is 3.25 bits per heavy atom. The zero-order chi connectivity index (χ0) is 8.55. The summed E-state index contributed by atoms with van der Waals surface area (Å²) in [6.07, 6.45) is 4.12. The molecular weight excluding hydrogens is 156 g/mol. The first-order chi connectivity index (χ1) is 5.79. The van der Waals surface area contributed by atoms with Crippen LogP contribution in [0.1, 0.15) is 6.42 Å². The van der Waals surface area contributed by atoms with Gasteiger partial charge in [-0.15, -0.1) is 0 Å². The number of rotatable bonds is 1. The summed E-state index contributed by atoms with van der Waals surface area (Å²) in [5.74, 6) is -0.702. The second-order valence-corrected chi connectivity index (χ2v) is 2.89. The van der Waals surface area contributed by atoms with E-state index in [4.69, 9.17) is 5.73 Å². The lowest BCUT2D eigenvalue weighted by Crippen LogP contribution is -2.40. The predicted molar refractivity (Wildman–Crippen MR) is 44.8 cm³/mol. The Bertz CT molecular complexity index is 260. The minimum absolute atomic E-state index is 0.170. The summed E-state index contributed by atoms with van der Waals surface area (Å²) in [6, 6.07) is 0. The van der Waals surface area contributed by atoms with E-state index in [9.17, 15) is 4.79 Å². The first kappa shape index (κ1) is 7.27. The highest BCUT2D eigenvalue weighted by Gasteiger charge is 2.34. The van der Waals surface area contributed by atoms with Crippen LogP contribution in [0.4, 0.5) is 0 Å². The lowest BCUT2D eigenvalue weighted by molar-refractivity contribution is -0.120. The van der Waals surface area contributed by atoms with Gasteiger partial charge in [0.25, 0.3) is 0 Å². The van der Waals surface area contributed by atoms with Crippen molar-refractivity contribution < 1.29 is 4.79 Å². The van der Waals surface area contributed by atoms with Crippen LogP contribution < -0.4 is 5.73 Å². The van der Waals surface area contributed by atoms with E-state index in [1.54, 1.807) is 11.2 Å². The van der Waals surface area contributed by atoms with Crippen molar-refractivity contribution in [3.05, 3.63) is 0 Å². The smallest absolute Gasteiger partial charge is 0.230 e. The van der Waals surface area contributed by atoms with Crippen LogP contribution in [0.2, 0.25) is 0 Å². The molecule has 0 bridgehead atoms. The average Bonchev–Trinajstić information content (AvgIpc) is 2.47. The number of nitrogens with zero attached hydrogens (tertiary/aromatic N) is 3. The molecule has 2 aliphatic heterocycles. The summed E-state index contributed by atoms with van der Waals surface area (Å²) < 4.78 is 0. The molecule has 2 atom stereocenters. The van der Waals surface area contributed by atoms with Gasteiger partial charge in [-0.1, -0.05) is 0 Å². The third-order valence-corrected chi connectivity index (χ3v) is 2.08. The molecular formula is C7H10N4O. The molecule has 0 radical (unpaired) electrons. The number of hydrazone groups is 1. The number of amides is 1. The van der Waals surface area contributed by atoms with Gasteiger partial charge in [-0.05, 0) is 0 Å². The Morgan fingerprint density at radius 2 is 2.50 bits per heavy atom. The second-order valence-electron chi connectivity index (χ2n) is 2.89. The summed E-state index contributed by atoms with van der Waals surface area (Å²) in [7, 11) is 0. The Labute approximate surface area is 69.9 Å². The van der Waals surface area contributed by atoms with Crippen molar-refractivity contribution in [2.45, 2.75) is 12.6 Å². The van der Waals surface area contributed by atoms with Crippen LogP contribution in [-0.4, -0.2) is 36.1 Å². The van der Waals surface area contributed by atoms with Gasteiger partial charge in [0.2, 0.25) is 5.91 Å². The largest absolute Gasteiger partial charge is 0.369 e. The fraction of sp³-hybridized carbons (Fsp3) is 0.571. The van der Waals surface area contributed by atoms with Crippen LogP contribution in [-0.2, 0) is 4.79 Å². The molecule has 1 amide bonds. The van der Waals surface area contributed by atoms with Gasteiger partial charge < -0.3 is 5.73 Å². The summed E-state index contributed by atoms with van der Waals surface area (Å²) in [6.45, 7) is 0.828. The molecule has 0 aromatic heterocycles. The van der Waals surface area contributed by atoms with Crippen molar-refractivity contribution in [2.75, 3.05) is 6.54 Å². The molecule has 5 nitrogen and oxygen atoms in total. The quantitative estimate of drug-likeness (QED) is 0.553. The maximum Gasteiger partial charge on any atom is 0.230 e. The molecule has 0 fully saturated rings. The fourth-order valence-corrected chi connectivity index (χ4v) is 1.44. The molecule has 64 valence electrons. The molecule has 5 heteroatoms. The number of fused-ring (bicyclic) bond motifs is 1. The van der Waals surface area contributed by atoms with E-state index in [-0.39, 0.29) is 18.0 Å². The molecule has 2 N–H and O–H groups in total. The number of hydrogen-bond acceptors (Lipinski definition) is 4. The van der Waals surface area contributed by atoms with Crippen LogP contribution in [0.15, 0.2) is 10.1 Å². The topological polar surface area (TPSA) is 71.1 Å². The van der Waals surface area contributed by atoms with Crippen molar-refractivity contribution in [3.8, 4) is 0 Å². The van der Waals surface area contributed by atoms with E-state index in [1.807, 2.05) is 6.21 Å². The van der Waals surface area contributed by atoms with Crippen molar-refractivity contribution in [3.63, 3.8) is 0 Å². The molecule has 0 aromatic rings. The third-order valence-electron chi connectivity index (χ3n) is 2.08. The van der Waals surface area contributed by atoms with E-state index in [0.717, 1.165) is 13.0 Å². The highest BCUT2D eigenvalue weighted by atomic mass is 16.1. The van der Waals surface area contributed by atoms with Crippen molar-refractivity contribution in [2.24, 2.45) is 21.7 Å². The summed E-state index contributed by atoms with van der Waals surface area (Å²) in [4.78, 5) is 15.1. The van der Waals surface area contributed by atoms with Crippen LogP contribution >= 0.6 is 0 Å². The van der Waals surface area contributed by atoms with Gasteiger partial charge in [0.1, 0.15) is 5.92 Å². The minimum Gasteiger partial charge on any atom is -0.369 e. The van der Waals surface area contributed by atoms with Gasteiger partial charge in [0, 0.05) is 25.4 Å². The zero-order valence-corrected chi connectivity index (χ0v) is 6.55. The number of nitrogens with two attached hydrogens (primary N) is 1. The first-order valence-electron chi connectivity index (χ1n) is 3.91. The van der Waals surface area contributed by atoms with Gasteiger partial charge in [0.15, 0.2) is 6.17 Å². The Morgan fingerprint density at radius 1 is 1.67 bits per heavy atom. The molecule has 0 spiro atoms. The SMILES string of the molecule is NC(=O)C1C=NN2CCC=NC12. The minimum atomic E-state index is -0.356. The monoisotopic (exact) mass is 166 g/mol. The predicted octanol–water partition coefficient (Wildman–Crippen LogP) is -0.810. The first-order valence-corrected chi connectivity index (χ1v) is 3.91. The van der Waals surface area contributed by atoms with E-state index in [0.29, 0.717) is 0 Å². The number of carbonyl (C=O) groups is 1. The molecule has 0 saturated heterocycles. The van der Waals surface area contributed by atoms with Gasteiger partial charge in [0.05, 0.1) is 0 Å². The number of aliphatic imine (C=N–C) groups is 1. The van der Waals surface area contributed by atoms with Crippen molar-refractivity contribution in [1.82, 2.24) is 5.01 Å². The van der Waals surface area contributed by atoms with E-state index in [1.165, 1.54) is 0 Å². The van der Waals surface area contributed by atoms with Crippen LogP contribution in [0.3, 0.4) is 0 Å². The molecule has 2 heterocycles. The van der Waals surface area contributed by atoms with Crippen LogP contribution in [0, 0.1) is 5.92 Å². The summed E-state index contributed by atoms with van der Waals surface area (Å²) in [5.41, 5.74) is 5.17. The van der Waals surface area contributed by atoms with Gasteiger partial charge >= 0.3 is 0 Å². The third kappa shape index (κ3) is 0.975. The molecule has 0 aliphatic carbocycles. The normalized spacial score (nSPS) is 32.2. The maximum absolute atomic E-state index is 10.9. The number of carbonyl (C=O) groups excluding carboxylic acids is 1. The molecule has 0 saturated carbocycles. The highest BCUT2D eigenvalue weighted by molar-refractivity contribution is 5.94. The van der Waals surface area contributed by atoms with Gasteiger partial charge in [-0.25, -0.2) is 0 Å². The molecule has 2 unspecified atom stereocenters. The second kappa shape index (κ2) is 2.58. The highest BCUT2D eigenvalue weighted by Crippen LogP contribution is 2.20. The van der Waals surface area contributed by atoms with Crippen LogP contribution in [0.5, 0.6) is 0 Å². The average molecular weight is 166 g/mol. The van der Waals surface area contributed by atoms with Gasteiger partial charge in [-0.2, -0.15) is 5.10 Å². The zero-order valence-electron chi connectivity index (χ0n) is 6.55. The summed E-state index contributed by atoms with van der Waals surface area (Å²) in [5, 5.41) is 5.86. The molecule has 12 heavy (non-hydrogen) atoms. The molecule has 2 aliphatic rings. The Hall–Kier alpha value is -1.39. The van der Waals surface area contributed by atoms with Crippen LogP contribution in [0.25, 0.3) is 0 Å². The van der Waals surface area contributed by atoms with E-state index >= 15 is 0 Å².